The molecule has 2 N–H and O–H groups in total. The number of hydrogen-bond acceptors (Lipinski definition) is 4. The lowest BCUT2D eigenvalue weighted by atomic mass is 9.92. The number of aryl methyl sites for hydroxylation is 1. The van der Waals surface area contributed by atoms with Gasteiger partial charge < -0.3 is 15.0 Å². The first kappa shape index (κ1) is 20.3. The quantitative estimate of drug-likeness (QED) is 0.496. The molecule has 2 aromatic heterocycles. The normalized spacial score (nSPS) is 18.6. The van der Waals surface area contributed by atoms with E-state index in [4.69, 9.17) is 10.7 Å². The summed E-state index contributed by atoms with van der Waals surface area (Å²) in [6, 6.07) is 20.9. The molecule has 3 heterocycles. The van der Waals surface area contributed by atoms with Gasteiger partial charge in [-0.1, -0.05) is 42.0 Å². The standard InChI is InChI=1S/C27H27N5/c1-19-4-8-22(9-5-19)25-23(21-10-6-20(17-28)7-11-21)16-24-26(30-13-15-32(24)25)31-14-3-12-27(2,29)18-31/h4-11,13,15-16H,3,12,14,18,29H2,1-2H3/t27-/m0/s1. The number of anilines is 1. The van der Waals surface area contributed by atoms with Gasteiger partial charge in [-0.25, -0.2) is 4.98 Å². The van der Waals surface area contributed by atoms with E-state index < -0.39 is 0 Å². The maximum Gasteiger partial charge on any atom is 0.153 e. The zero-order valence-corrected chi connectivity index (χ0v) is 18.5. The second kappa shape index (κ2) is 7.81. The van der Waals surface area contributed by atoms with Crippen LogP contribution in [0.4, 0.5) is 5.82 Å². The van der Waals surface area contributed by atoms with Crippen molar-refractivity contribution in [3.05, 3.63) is 78.1 Å². The van der Waals surface area contributed by atoms with Crippen molar-refractivity contribution < 1.29 is 0 Å². The molecular weight excluding hydrogens is 394 g/mol. The highest BCUT2D eigenvalue weighted by atomic mass is 15.2. The van der Waals surface area contributed by atoms with E-state index in [2.05, 4.69) is 59.5 Å². The monoisotopic (exact) mass is 421 g/mol. The van der Waals surface area contributed by atoms with E-state index in [1.54, 1.807) is 0 Å². The average molecular weight is 422 g/mol. The minimum atomic E-state index is -0.213. The molecule has 1 atom stereocenters. The van der Waals surface area contributed by atoms with E-state index in [0.29, 0.717) is 5.56 Å². The lowest BCUT2D eigenvalue weighted by Crippen LogP contribution is -2.52. The molecule has 1 saturated heterocycles. The van der Waals surface area contributed by atoms with Crippen molar-refractivity contribution in [3.63, 3.8) is 0 Å². The molecule has 0 aliphatic carbocycles. The fourth-order valence-electron chi connectivity index (χ4n) is 4.73. The lowest BCUT2D eigenvalue weighted by molar-refractivity contribution is 0.373. The van der Waals surface area contributed by atoms with E-state index in [1.807, 2.05) is 36.7 Å². The van der Waals surface area contributed by atoms with Gasteiger partial charge >= 0.3 is 0 Å². The highest BCUT2D eigenvalue weighted by Gasteiger charge is 2.29. The highest BCUT2D eigenvalue weighted by Crippen LogP contribution is 2.38. The van der Waals surface area contributed by atoms with Crippen molar-refractivity contribution in [3.8, 4) is 28.5 Å². The summed E-state index contributed by atoms with van der Waals surface area (Å²) in [7, 11) is 0. The van der Waals surface area contributed by atoms with Crippen molar-refractivity contribution in [1.82, 2.24) is 9.38 Å². The summed E-state index contributed by atoms with van der Waals surface area (Å²) in [6.07, 6.45) is 6.00. The number of fused-ring (bicyclic) bond motifs is 1. The van der Waals surface area contributed by atoms with E-state index >= 15 is 0 Å². The number of nitriles is 1. The summed E-state index contributed by atoms with van der Waals surface area (Å²) < 4.78 is 2.24. The Kier molecular flexibility index (Phi) is 4.96. The molecule has 160 valence electrons. The van der Waals surface area contributed by atoms with Crippen LogP contribution in [0.1, 0.15) is 30.9 Å². The van der Waals surface area contributed by atoms with Crippen LogP contribution in [0.3, 0.4) is 0 Å². The third kappa shape index (κ3) is 3.63. The number of nitrogens with two attached hydrogens (primary N) is 1. The first-order valence-electron chi connectivity index (χ1n) is 11.1. The van der Waals surface area contributed by atoms with Gasteiger partial charge in [0.05, 0.1) is 22.8 Å². The van der Waals surface area contributed by atoms with Crippen LogP contribution in [0.2, 0.25) is 0 Å². The van der Waals surface area contributed by atoms with Gasteiger partial charge in [0.15, 0.2) is 5.82 Å². The third-order valence-electron chi connectivity index (χ3n) is 6.36. The zero-order chi connectivity index (χ0) is 22.3. The molecule has 0 unspecified atom stereocenters. The molecule has 0 spiro atoms. The topological polar surface area (TPSA) is 70.3 Å². The van der Waals surface area contributed by atoms with Gasteiger partial charge in [0.2, 0.25) is 0 Å². The summed E-state index contributed by atoms with van der Waals surface area (Å²) in [4.78, 5) is 7.11. The van der Waals surface area contributed by atoms with Crippen LogP contribution in [0.5, 0.6) is 0 Å². The average Bonchev–Trinajstić information content (AvgIpc) is 3.18. The fraction of sp³-hybridized carbons (Fsp3) is 0.259. The summed E-state index contributed by atoms with van der Waals surface area (Å²) in [5, 5.41) is 9.22. The molecule has 0 radical (unpaired) electrons. The number of rotatable bonds is 3. The molecule has 1 aliphatic heterocycles. The summed E-state index contributed by atoms with van der Waals surface area (Å²) in [5.74, 6) is 0.970. The minimum Gasteiger partial charge on any atom is -0.353 e. The Morgan fingerprint density at radius 1 is 1.06 bits per heavy atom. The summed E-state index contributed by atoms with van der Waals surface area (Å²) in [5.41, 5.74) is 13.7. The highest BCUT2D eigenvalue weighted by molar-refractivity contribution is 5.90. The van der Waals surface area contributed by atoms with Crippen molar-refractivity contribution in [2.24, 2.45) is 5.73 Å². The number of hydrogen-bond donors (Lipinski definition) is 1. The lowest BCUT2D eigenvalue weighted by Gasteiger charge is -2.38. The van der Waals surface area contributed by atoms with E-state index in [9.17, 15) is 5.26 Å². The van der Waals surface area contributed by atoms with Crippen LogP contribution in [0.25, 0.3) is 27.9 Å². The molecule has 5 rings (SSSR count). The van der Waals surface area contributed by atoms with Crippen LogP contribution >= 0.6 is 0 Å². The molecule has 1 aliphatic rings. The van der Waals surface area contributed by atoms with Gasteiger partial charge in [-0.05, 0) is 56.0 Å². The molecule has 2 aromatic carbocycles. The maximum atomic E-state index is 9.22. The fourth-order valence-corrected chi connectivity index (χ4v) is 4.73. The first-order chi connectivity index (χ1) is 15.4. The number of piperidine rings is 1. The zero-order valence-electron chi connectivity index (χ0n) is 18.5. The smallest absolute Gasteiger partial charge is 0.153 e. The van der Waals surface area contributed by atoms with Gasteiger partial charge in [-0.2, -0.15) is 5.26 Å². The van der Waals surface area contributed by atoms with Gasteiger partial charge in [-0.15, -0.1) is 0 Å². The van der Waals surface area contributed by atoms with E-state index in [0.717, 1.165) is 59.7 Å². The Bertz CT molecular complexity index is 1310. The molecule has 0 saturated carbocycles. The second-order valence-electron chi connectivity index (χ2n) is 9.15. The molecule has 5 nitrogen and oxygen atoms in total. The summed E-state index contributed by atoms with van der Waals surface area (Å²) in [6.45, 7) is 5.97. The Morgan fingerprint density at radius 3 is 2.47 bits per heavy atom. The Hall–Kier alpha value is -3.62. The molecule has 0 bridgehead atoms. The Morgan fingerprint density at radius 2 is 1.78 bits per heavy atom. The Balaban J connectivity index is 1.73. The van der Waals surface area contributed by atoms with Gasteiger partial charge in [0.1, 0.15) is 0 Å². The molecule has 0 amide bonds. The van der Waals surface area contributed by atoms with E-state index in [-0.39, 0.29) is 5.54 Å². The summed E-state index contributed by atoms with van der Waals surface area (Å²) >= 11 is 0. The van der Waals surface area contributed by atoms with Crippen LogP contribution in [0.15, 0.2) is 67.0 Å². The van der Waals surface area contributed by atoms with Crippen LogP contribution < -0.4 is 10.6 Å². The SMILES string of the molecule is Cc1ccc(-c2c(-c3ccc(C#N)cc3)cc3c(N4CCC[C@](C)(N)C4)nccn23)cc1. The van der Waals surface area contributed by atoms with Gasteiger partial charge in [-0.3, -0.25) is 0 Å². The largest absolute Gasteiger partial charge is 0.353 e. The van der Waals surface area contributed by atoms with Crippen LogP contribution in [-0.4, -0.2) is 28.0 Å². The van der Waals surface area contributed by atoms with E-state index in [1.165, 1.54) is 5.56 Å². The number of benzene rings is 2. The van der Waals surface area contributed by atoms with Crippen molar-refractivity contribution in [1.29, 1.82) is 5.26 Å². The molecule has 4 aromatic rings. The van der Waals surface area contributed by atoms with Crippen molar-refractivity contribution in [2.75, 3.05) is 18.0 Å². The van der Waals surface area contributed by atoms with Crippen molar-refractivity contribution in [2.45, 2.75) is 32.2 Å². The predicted molar refractivity (Wildman–Crippen MR) is 130 cm³/mol. The molecular formula is C27H27N5. The Labute approximate surface area is 188 Å². The van der Waals surface area contributed by atoms with Crippen LogP contribution in [-0.2, 0) is 0 Å². The number of aromatic nitrogens is 2. The van der Waals surface area contributed by atoms with Gasteiger partial charge in [0.25, 0.3) is 0 Å². The predicted octanol–water partition coefficient (Wildman–Crippen LogP) is 5.17. The minimum absolute atomic E-state index is 0.213. The van der Waals surface area contributed by atoms with Crippen LogP contribution in [0, 0.1) is 18.3 Å². The number of nitrogens with zero attached hydrogens (tertiary/aromatic N) is 4. The molecule has 32 heavy (non-hydrogen) atoms. The first-order valence-corrected chi connectivity index (χ1v) is 11.1. The maximum absolute atomic E-state index is 9.22. The van der Waals surface area contributed by atoms with Gasteiger partial charge in [0, 0.05) is 36.6 Å². The molecule has 5 heteroatoms. The second-order valence-corrected chi connectivity index (χ2v) is 9.15. The third-order valence-corrected chi connectivity index (χ3v) is 6.36. The molecule has 1 fully saturated rings. The van der Waals surface area contributed by atoms with Crippen molar-refractivity contribution >= 4 is 11.3 Å².